The van der Waals surface area contributed by atoms with Crippen molar-refractivity contribution in [3.63, 3.8) is 0 Å². The van der Waals surface area contributed by atoms with Crippen LogP contribution in [0.2, 0.25) is 0 Å². The molecule has 0 unspecified atom stereocenters. The van der Waals surface area contributed by atoms with E-state index in [0.29, 0.717) is 0 Å². The third-order valence-electron chi connectivity index (χ3n) is 2.86. The predicted molar refractivity (Wildman–Crippen MR) is 73.2 cm³/mol. The fourth-order valence-electron chi connectivity index (χ4n) is 2.08. The minimum atomic E-state index is 0.729. The zero-order valence-electron chi connectivity index (χ0n) is 9.95. The molecule has 2 heterocycles. The average Bonchev–Trinajstić information content (AvgIpc) is 2.80. The zero-order chi connectivity index (χ0) is 12.4. The van der Waals surface area contributed by atoms with Gasteiger partial charge in [-0.3, -0.25) is 4.98 Å². The lowest BCUT2D eigenvalue weighted by Crippen LogP contribution is -1.99. The number of fused-ring (bicyclic) bond motifs is 1. The van der Waals surface area contributed by atoms with Crippen LogP contribution in [0.15, 0.2) is 61.3 Å². The Balaban J connectivity index is 2.28. The second-order valence-electron chi connectivity index (χ2n) is 4.04. The lowest BCUT2D eigenvalue weighted by atomic mass is 10.3. The van der Waals surface area contributed by atoms with E-state index < -0.39 is 0 Å². The third-order valence-corrected chi connectivity index (χ3v) is 2.86. The number of pyridine rings is 1. The summed E-state index contributed by atoms with van der Waals surface area (Å²) in [6.45, 7) is 4.54. The maximum absolute atomic E-state index is 4.65. The van der Waals surface area contributed by atoms with Gasteiger partial charge in [0, 0.05) is 12.7 Å². The van der Waals surface area contributed by atoms with Crippen LogP contribution in [-0.4, -0.2) is 14.5 Å². The Morgan fingerprint density at radius 3 is 2.72 bits per heavy atom. The highest BCUT2D eigenvalue weighted by Crippen LogP contribution is 2.23. The Kier molecular flexibility index (Phi) is 2.65. The van der Waals surface area contributed by atoms with Crippen LogP contribution in [0.4, 0.5) is 0 Å². The van der Waals surface area contributed by atoms with E-state index in [2.05, 4.69) is 27.2 Å². The van der Waals surface area contributed by atoms with Crippen LogP contribution in [-0.2, 0) is 6.54 Å². The van der Waals surface area contributed by atoms with Gasteiger partial charge in [-0.15, -0.1) is 6.58 Å². The Hall–Kier alpha value is -2.42. The van der Waals surface area contributed by atoms with Crippen molar-refractivity contribution in [1.29, 1.82) is 0 Å². The first kappa shape index (κ1) is 10.7. The van der Waals surface area contributed by atoms with E-state index >= 15 is 0 Å². The van der Waals surface area contributed by atoms with Crippen LogP contribution in [0.25, 0.3) is 22.6 Å². The van der Waals surface area contributed by atoms with Gasteiger partial charge in [-0.25, -0.2) is 4.98 Å². The molecule has 0 saturated heterocycles. The van der Waals surface area contributed by atoms with Gasteiger partial charge in [-0.2, -0.15) is 0 Å². The Morgan fingerprint density at radius 2 is 1.94 bits per heavy atom. The number of aromatic nitrogens is 3. The van der Waals surface area contributed by atoms with Gasteiger partial charge in [0.1, 0.15) is 5.69 Å². The van der Waals surface area contributed by atoms with Gasteiger partial charge in [-0.05, 0) is 24.3 Å². The van der Waals surface area contributed by atoms with E-state index in [-0.39, 0.29) is 0 Å². The largest absolute Gasteiger partial charge is 0.319 e. The van der Waals surface area contributed by atoms with E-state index in [9.17, 15) is 0 Å². The van der Waals surface area contributed by atoms with Crippen LogP contribution in [0, 0.1) is 0 Å². The van der Waals surface area contributed by atoms with Gasteiger partial charge >= 0.3 is 0 Å². The summed E-state index contributed by atoms with van der Waals surface area (Å²) in [7, 11) is 0. The number of benzene rings is 1. The third kappa shape index (κ3) is 1.70. The van der Waals surface area contributed by atoms with Crippen LogP contribution >= 0.6 is 0 Å². The molecule has 3 heteroatoms. The second kappa shape index (κ2) is 4.45. The molecule has 0 spiro atoms. The first-order valence-corrected chi connectivity index (χ1v) is 5.87. The van der Waals surface area contributed by atoms with Crippen LogP contribution < -0.4 is 0 Å². The maximum atomic E-state index is 4.65. The maximum Gasteiger partial charge on any atom is 0.160 e. The summed E-state index contributed by atoms with van der Waals surface area (Å²) in [5.41, 5.74) is 2.98. The molecule has 0 atom stereocenters. The number of allylic oxidation sites excluding steroid dienone is 1. The molecule has 0 fully saturated rings. The molecule has 0 saturated carbocycles. The summed E-state index contributed by atoms with van der Waals surface area (Å²) in [4.78, 5) is 9.02. The van der Waals surface area contributed by atoms with Gasteiger partial charge in [0.05, 0.1) is 11.0 Å². The predicted octanol–water partition coefficient (Wildman–Crippen LogP) is 3.28. The van der Waals surface area contributed by atoms with Crippen molar-refractivity contribution in [3.8, 4) is 11.5 Å². The average molecular weight is 235 g/mol. The second-order valence-corrected chi connectivity index (χ2v) is 4.04. The normalized spacial score (nSPS) is 10.7. The van der Waals surface area contributed by atoms with Crippen molar-refractivity contribution < 1.29 is 0 Å². The molecular formula is C15H13N3. The molecule has 1 aromatic carbocycles. The number of para-hydroxylation sites is 2. The molecule has 3 aromatic rings. The van der Waals surface area contributed by atoms with Crippen molar-refractivity contribution in [2.45, 2.75) is 6.54 Å². The number of nitrogens with zero attached hydrogens (tertiary/aromatic N) is 3. The first-order chi connectivity index (χ1) is 8.90. The van der Waals surface area contributed by atoms with Crippen molar-refractivity contribution in [2.24, 2.45) is 0 Å². The van der Waals surface area contributed by atoms with Crippen molar-refractivity contribution in [2.75, 3.05) is 0 Å². The summed E-state index contributed by atoms with van der Waals surface area (Å²) in [6.07, 6.45) is 3.66. The standard InChI is InChI=1S/C15H13N3/c1-2-11-18-14-9-4-3-7-12(14)17-15(18)13-8-5-6-10-16-13/h2-10H,1,11H2. The molecule has 0 bridgehead atoms. The molecule has 0 amide bonds. The zero-order valence-corrected chi connectivity index (χ0v) is 9.95. The highest BCUT2D eigenvalue weighted by Gasteiger charge is 2.11. The highest BCUT2D eigenvalue weighted by atomic mass is 15.1. The number of rotatable bonds is 3. The highest BCUT2D eigenvalue weighted by molar-refractivity contribution is 5.80. The molecule has 3 rings (SSSR count). The molecule has 0 aliphatic rings. The SMILES string of the molecule is C=CCn1c(-c2ccccn2)nc2ccccc21. The Labute approximate surface area is 105 Å². The van der Waals surface area contributed by atoms with E-state index in [1.165, 1.54) is 0 Å². The van der Waals surface area contributed by atoms with Crippen LogP contribution in [0.3, 0.4) is 0 Å². The van der Waals surface area contributed by atoms with Crippen molar-refractivity contribution in [3.05, 3.63) is 61.3 Å². The minimum Gasteiger partial charge on any atom is -0.319 e. The molecule has 0 N–H and O–H groups in total. The van der Waals surface area contributed by atoms with Crippen LogP contribution in [0.1, 0.15) is 0 Å². The summed E-state index contributed by atoms with van der Waals surface area (Å²) in [5.74, 6) is 0.886. The van der Waals surface area contributed by atoms with E-state index in [0.717, 1.165) is 29.1 Å². The first-order valence-electron chi connectivity index (χ1n) is 5.87. The summed E-state index contributed by atoms with van der Waals surface area (Å²) in [5, 5.41) is 0. The van der Waals surface area contributed by atoms with Crippen molar-refractivity contribution in [1.82, 2.24) is 14.5 Å². The lowest BCUT2D eigenvalue weighted by Gasteiger charge is -2.05. The summed E-state index contributed by atoms with van der Waals surface area (Å²) >= 11 is 0. The number of hydrogen-bond acceptors (Lipinski definition) is 2. The van der Waals surface area contributed by atoms with Gasteiger partial charge in [0.25, 0.3) is 0 Å². The Morgan fingerprint density at radius 1 is 1.11 bits per heavy atom. The van der Waals surface area contributed by atoms with Crippen molar-refractivity contribution >= 4 is 11.0 Å². The monoisotopic (exact) mass is 235 g/mol. The fourth-order valence-corrected chi connectivity index (χ4v) is 2.08. The molecule has 0 aliphatic heterocycles. The molecule has 88 valence electrons. The molecule has 3 nitrogen and oxygen atoms in total. The van der Waals surface area contributed by atoms with Gasteiger partial charge in [0.15, 0.2) is 5.82 Å². The van der Waals surface area contributed by atoms with E-state index in [1.54, 1.807) is 6.20 Å². The topological polar surface area (TPSA) is 30.7 Å². The molecular weight excluding hydrogens is 222 g/mol. The number of imidazole rings is 1. The minimum absolute atomic E-state index is 0.729. The van der Waals surface area contributed by atoms with Gasteiger partial charge in [0.2, 0.25) is 0 Å². The molecule has 2 aromatic heterocycles. The molecule has 18 heavy (non-hydrogen) atoms. The van der Waals surface area contributed by atoms with Gasteiger partial charge < -0.3 is 4.57 Å². The van der Waals surface area contributed by atoms with Crippen LogP contribution in [0.5, 0.6) is 0 Å². The summed E-state index contributed by atoms with van der Waals surface area (Å²) in [6, 6.07) is 14.0. The fraction of sp³-hybridized carbons (Fsp3) is 0.0667. The summed E-state index contributed by atoms with van der Waals surface area (Å²) < 4.78 is 2.13. The van der Waals surface area contributed by atoms with E-state index in [1.807, 2.05) is 42.5 Å². The quantitative estimate of drug-likeness (QED) is 0.652. The molecule has 0 aliphatic carbocycles. The lowest BCUT2D eigenvalue weighted by molar-refractivity contribution is 0.857. The van der Waals surface area contributed by atoms with Gasteiger partial charge in [-0.1, -0.05) is 24.3 Å². The smallest absolute Gasteiger partial charge is 0.160 e. The molecule has 0 radical (unpaired) electrons. The number of hydrogen-bond donors (Lipinski definition) is 0. The van der Waals surface area contributed by atoms with E-state index in [4.69, 9.17) is 0 Å². The Bertz CT molecular complexity index is 683.